The first-order valence-corrected chi connectivity index (χ1v) is 5.80. The van der Waals surface area contributed by atoms with E-state index in [-0.39, 0.29) is 18.7 Å². The zero-order chi connectivity index (χ0) is 11.8. The smallest absolute Gasteiger partial charge is 0.297 e. The predicted octanol–water partition coefficient (Wildman–Crippen LogP) is 1.29. The van der Waals surface area contributed by atoms with Crippen molar-refractivity contribution in [2.24, 2.45) is 0 Å². The van der Waals surface area contributed by atoms with Crippen LogP contribution in [0.15, 0.2) is 10.7 Å². The average Bonchev–Trinajstić information content (AvgIpc) is 2.93. The Morgan fingerprint density at radius 3 is 2.94 bits per heavy atom. The molecule has 3 heterocycles. The molecule has 0 aromatic carbocycles. The largest absolute Gasteiger partial charge is 0.432 e. The molecule has 1 atom stereocenters. The Kier molecular flexibility index (Phi) is 2.78. The Bertz CT molecular complexity index is 389. The predicted molar refractivity (Wildman–Crippen MR) is 58.5 cm³/mol. The minimum atomic E-state index is -0.372. The maximum absolute atomic E-state index is 5.43. The summed E-state index contributed by atoms with van der Waals surface area (Å²) in [7, 11) is 1.73. The minimum Gasteiger partial charge on any atom is -0.432 e. The summed E-state index contributed by atoms with van der Waals surface area (Å²) in [6.45, 7) is 3.57. The first-order chi connectivity index (χ1) is 8.26. The normalized spacial score (nSPS) is 32.8. The van der Waals surface area contributed by atoms with Crippen molar-refractivity contribution in [3.8, 4) is 0 Å². The van der Waals surface area contributed by atoms with Crippen LogP contribution in [0.5, 0.6) is 0 Å². The number of ether oxygens (including phenoxy) is 3. The first kappa shape index (κ1) is 11.0. The molecule has 17 heavy (non-hydrogen) atoms. The van der Waals surface area contributed by atoms with Crippen LogP contribution in [0.3, 0.4) is 0 Å². The lowest BCUT2D eigenvalue weighted by molar-refractivity contribution is -0.383. The lowest BCUT2D eigenvalue weighted by Gasteiger charge is -2.31. The van der Waals surface area contributed by atoms with Gasteiger partial charge in [-0.1, -0.05) is 0 Å². The maximum atomic E-state index is 5.43. The molecule has 0 unspecified atom stereocenters. The van der Waals surface area contributed by atoms with Gasteiger partial charge in [-0.05, 0) is 13.3 Å². The molecule has 3 rings (SSSR count). The zero-order valence-electron chi connectivity index (χ0n) is 9.96. The van der Waals surface area contributed by atoms with Gasteiger partial charge in [-0.15, -0.1) is 0 Å². The van der Waals surface area contributed by atoms with Crippen molar-refractivity contribution >= 4 is 6.01 Å². The van der Waals surface area contributed by atoms with Crippen LogP contribution in [-0.4, -0.2) is 37.6 Å². The van der Waals surface area contributed by atoms with Crippen molar-refractivity contribution in [3.05, 3.63) is 12.0 Å². The third-order valence-electron chi connectivity index (χ3n) is 3.13. The Labute approximate surface area is 99.5 Å². The number of hydrogen-bond donors (Lipinski definition) is 0. The summed E-state index contributed by atoms with van der Waals surface area (Å²) < 4.78 is 21.4. The number of nitrogens with zero attached hydrogens (tertiary/aromatic N) is 2. The van der Waals surface area contributed by atoms with E-state index in [0.29, 0.717) is 11.7 Å². The Hall–Kier alpha value is -1.11. The molecule has 1 aromatic heterocycles. The van der Waals surface area contributed by atoms with E-state index in [0.717, 1.165) is 19.5 Å². The monoisotopic (exact) mass is 240 g/mol. The van der Waals surface area contributed by atoms with E-state index in [9.17, 15) is 0 Å². The molecule has 0 saturated carbocycles. The summed E-state index contributed by atoms with van der Waals surface area (Å²) in [6.07, 6.45) is 2.34. The van der Waals surface area contributed by atoms with Crippen molar-refractivity contribution in [1.29, 1.82) is 0 Å². The molecule has 0 radical (unpaired) electrons. The molecule has 0 aliphatic carbocycles. The minimum absolute atomic E-state index is 0.148. The summed E-state index contributed by atoms with van der Waals surface area (Å²) in [6, 6.07) is 0.617. The van der Waals surface area contributed by atoms with Crippen molar-refractivity contribution in [1.82, 2.24) is 4.98 Å². The van der Waals surface area contributed by atoms with Crippen LogP contribution in [0.25, 0.3) is 0 Å². The van der Waals surface area contributed by atoms with Gasteiger partial charge in [-0.3, -0.25) is 0 Å². The molecule has 94 valence electrons. The van der Waals surface area contributed by atoms with Gasteiger partial charge in [0.2, 0.25) is 6.29 Å². The van der Waals surface area contributed by atoms with Gasteiger partial charge in [0.25, 0.3) is 6.01 Å². The Balaban J connectivity index is 1.65. The molecular formula is C11H16N2O4. The summed E-state index contributed by atoms with van der Waals surface area (Å²) in [5.74, 6) is 0. The number of aromatic nitrogens is 1. The van der Waals surface area contributed by atoms with Gasteiger partial charge in [0, 0.05) is 20.2 Å². The number of oxazole rings is 1. The van der Waals surface area contributed by atoms with Gasteiger partial charge in [-0.25, -0.2) is 0 Å². The summed E-state index contributed by atoms with van der Waals surface area (Å²) in [4.78, 5) is 6.44. The number of hydrogen-bond acceptors (Lipinski definition) is 6. The fraction of sp³-hybridized carbons (Fsp3) is 0.727. The average molecular weight is 240 g/mol. The summed E-state index contributed by atoms with van der Waals surface area (Å²) in [5.41, 5.74) is 0.693. The second kappa shape index (κ2) is 4.29. The number of methoxy groups -OCH3 is 1. The lowest BCUT2D eigenvalue weighted by Crippen LogP contribution is -2.31. The lowest BCUT2D eigenvalue weighted by atomic mass is 10.3. The molecule has 6 heteroatoms. The molecule has 2 saturated heterocycles. The standard InChI is InChI=1S/C11H16N2O4/c1-7-16-10(17-7)9-6-15-11(12-9)13-4-3-8(5-13)14-2/h6-8,10H,3-5H2,1-2H3/t7?,8-,10?/m0/s1. The quantitative estimate of drug-likeness (QED) is 0.793. The molecule has 1 aromatic rings. The third-order valence-corrected chi connectivity index (χ3v) is 3.13. The fourth-order valence-corrected chi connectivity index (χ4v) is 2.12. The van der Waals surface area contributed by atoms with E-state index in [1.54, 1.807) is 13.4 Å². The van der Waals surface area contributed by atoms with Gasteiger partial charge in [0.1, 0.15) is 12.0 Å². The Morgan fingerprint density at radius 2 is 2.29 bits per heavy atom. The van der Waals surface area contributed by atoms with Crippen LogP contribution in [0, 0.1) is 0 Å². The Morgan fingerprint density at radius 1 is 1.47 bits per heavy atom. The summed E-state index contributed by atoms with van der Waals surface area (Å²) in [5, 5.41) is 0. The van der Waals surface area contributed by atoms with Crippen molar-refractivity contribution in [2.45, 2.75) is 32.0 Å². The SMILES string of the molecule is CO[C@H]1CCN(c2nc(C3OC(C)O3)co2)C1. The molecule has 0 bridgehead atoms. The van der Waals surface area contributed by atoms with Crippen LogP contribution in [0.4, 0.5) is 6.01 Å². The topological polar surface area (TPSA) is 57.0 Å². The van der Waals surface area contributed by atoms with Crippen molar-refractivity contribution in [3.63, 3.8) is 0 Å². The van der Waals surface area contributed by atoms with Gasteiger partial charge in [-0.2, -0.15) is 4.98 Å². The molecular weight excluding hydrogens is 224 g/mol. The highest BCUT2D eigenvalue weighted by molar-refractivity contribution is 5.29. The van der Waals surface area contributed by atoms with E-state index >= 15 is 0 Å². The van der Waals surface area contributed by atoms with Crippen LogP contribution in [0.2, 0.25) is 0 Å². The van der Waals surface area contributed by atoms with E-state index in [1.807, 2.05) is 6.92 Å². The van der Waals surface area contributed by atoms with E-state index in [4.69, 9.17) is 18.6 Å². The van der Waals surface area contributed by atoms with Crippen LogP contribution < -0.4 is 4.90 Å². The second-order valence-electron chi connectivity index (χ2n) is 4.32. The molecule has 2 aliphatic heterocycles. The van der Waals surface area contributed by atoms with Crippen LogP contribution in [-0.2, 0) is 14.2 Å². The third kappa shape index (κ3) is 2.03. The second-order valence-corrected chi connectivity index (χ2v) is 4.32. The highest BCUT2D eigenvalue weighted by atomic mass is 16.9. The zero-order valence-corrected chi connectivity index (χ0v) is 9.96. The maximum Gasteiger partial charge on any atom is 0.297 e. The highest BCUT2D eigenvalue weighted by Crippen LogP contribution is 2.32. The van der Waals surface area contributed by atoms with Crippen molar-refractivity contribution in [2.75, 3.05) is 25.1 Å². The molecule has 6 nitrogen and oxygen atoms in total. The molecule has 0 N–H and O–H groups in total. The fourth-order valence-electron chi connectivity index (χ4n) is 2.12. The van der Waals surface area contributed by atoms with Gasteiger partial charge in [0.05, 0.1) is 6.10 Å². The first-order valence-electron chi connectivity index (χ1n) is 5.80. The number of rotatable bonds is 3. The molecule has 0 spiro atoms. The van der Waals surface area contributed by atoms with E-state index in [2.05, 4.69) is 9.88 Å². The van der Waals surface area contributed by atoms with Crippen LogP contribution in [0.1, 0.15) is 25.3 Å². The van der Waals surface area contributed by atoms with Crippen molar-refractivity contribution < 1.29 is 18.6 Å². The number of anilines is 1. The van der Waals surface area contributed by atoms with Crippen LogP contribution >= 0.6 is 0 Å². The van der Waals surface area contributed by atoms with Gasteiger partial charge >= 0.3 is 0 Å². The molecule has 2 aliphatic rings. The van der Waals surface area contributed by atoms with E-state index < -0.39 is 0 Å². The molecule has 2 fully saturated rings. The van der Waals surface area contributed by atoms with E-state index in [1.165, 1.54) is 0 Å². The van der Waals surface area contributed by atoms with Gasteiger partial charge < -0.3 is 23.5 Å². The molecule has 0 amide bonds. The highest BCUT2D eigenvalue weighted by Gasteiger charge is 2.33. The van der Waals surface area contributed by atoms with Gasteiger partial charge in [0.15, 0.2) is 6.29 Å². The summed E-state index contributed by atoms with van der Waals surface area (Å²) >= 11 is 0.